The lowest BCUT2D eigenvalue weighted by Gasteiger charge is -2.21. The van der Waals surface area contributed by atoms with Crippen molar-refractivity contribution < 1.29 is 4.79 Å². The minimum Gasteiger partial charge on any atom is -0.330 e. The molecule has 0 saturated heterocycles. The maximum atomic E-state index is 12.5. The lowest BCUT2D eigenvalue weighted by molar-refractivity contribution is -0.115. The Balaban J connectivity index is 2.15. The van der Waals surface area contributed by atoms with E-state index in [9.17, 15) is 4.79 Å². The molecule has 6 heteroatoms. The molecule has 1 aromatic carbocycles. The third-order valence-electron chi connectivity index (χ3n) is 4.24. The molecular weight excluding hydrogens is 314 g/mol. The van der Waals surface area contributed by atoms with E-state index in [4.69, 9.17) is 0 Å². The first-order valence-corrected chi connectivity index (χ1v) is 8.83. The number of rotatable bonds is 7. The zero-order valence-electron chi connectivity index (χ0n) is 15.8. The fourth-order valence-corrected chi connectivity index (χ4v) is 2.75. The molecule has 2 rings (SSSR count). The number of carbonyl (C=O) groups excluding carboxylic acids is 1. The van der Waals surface area contributed by atoms with Crippen molar-refractivity contribution in [1.29, 1.82) is 0 Å². The van der Waals surface area contributed by atoms with E-state index < -0.39 is 0 Å². The van der Waals surface area contributed by atoms with E-state index in [1.165, 1.54) is 0 Å². The van der Waals surface area contributed by atoms with Crippen LogP contribution in [0.15, 0.2) is 18.2 Å². The van der Waals surface area contributed by atoms with Gasteiger partial charge in [-0.1, -0.05) is 32.0 Å². The third kappa shape index (κ3) is 4.53. The van der Waals surface area contributed by atoms with Gasteiger partial charge in [0.2, 0.25) is 11.9 Å². The number of nitrogens with zero attached hydrogens (tertiary/aromatic N) is 4. The van der Waals surface area contributed by atoms with Gasteiger partial charge in [-0.15, -0.1) is 5.10 Å². The van der Waals surface area contributed by atoms with Crippen molar-refractivity contribution in [3.05, 3.63) is 40.7 Å². The fourth-order valence-electron chi connectivity index (χ4n) is 2.75. The van der Waals surface area contributed by atoms with Crippen molar-refractivity contribution in [1.82, 2.24) is 15.2 Å². The Kier molecular flexibility index (Phi) is 6.44. The number of anilines is 2. The average molecular weight is 341 g/mol. The first kappa shape index (κ1) is 18.8. The highest BCUT2D eigenvalue weighted by Gasteiger charge is 2.16. The smallest absolute Gasteiger partial charge is 0.246 e. The van der Waals surface area contributed by atoms with Gasteiger partial charge < -0.3 is 10.2 Å². The molecule has 1 N–H and O–H groups in total. The van der Waals surface area contributed by atoms with Crippen LogP contribution in [0.25, 0.3) is 0 Å². The maximum absolute atomic E-state index is 12.5. The van der Waals surface area contributed by atoms with E-state index in [1.54, 1.807) is 0 Å². The van der Waals surface area contributed by atoms with Gasteiger partial charge >= 0.3 is 0 Å². The van der Waals surface area contributed by atoms with Crippen LogP contribution in [0.1, 0.15) is 43.3 Å². The molecule has 0 unspecified atom stereocenters. The van der Waals surface area contributed by atoms with Gasteiger partial charge in [0.1, 0.15) is 6.54 Å². The number of amides is 1. The fraction of sp³-hybridized carbons (Fsp3) is 0.474. The molecule has 0 bridgehead atoms. The van der Waals surface area contributed by atoms with Crippen LogP contribution in [0.5, 0.6) is 0 Å². The van der Waals surface area contributed by atoms with Crippen LogP contribution in [-0.2, 0) is 17.6 Å². The molecule has 2 aromatic rings. The number of carbonyl (C=O) groups is 1. The Morgan fingerprint density at radius 3 is 2.24 bits per heavy atom. The molecule has 0 spiro atoms. The zero-order chi connectivity index (χ0) is 18.4. The average Bonchev–Trinajstić information content (AvgIpc) is 2.62. The van der Waals surface area contributed by atoms with Crippen LogP contribution < -0.4 is 10.2 Å². The highest BCUT2D eigenvalue weighted by atomic mass is 16.2. The van der Waals surface area contributed by atoms with E-state index in [-0.39, 0.29) is 12.5 Å². The van der Waals surface area contributed by atoms with Gasteiger partial charge in [0, 0.05) is 12.2 Å². The molecule has 134 valence electrons. The molecule has 25 heavy (non-hydrogen) atoms. The number of aryl methyl sites for hydroxylation is 4. The van der Waals surface area contributed by atoms with Gasteiger partial charge in [0.15, 0.2) is 0 Å². The Bertz CT molecular complexity index is 724. The molecule has 0 aliphatic carbocycles. The number of hydrogen-bond donors (Lipinski definition) is 1. The Morgan fingerprint density at radius 2 is 1.68 bits per heavy atom. The lowest BCUT2D eigenvalue weighted by atomic mass is 10.1. The summed E-state index contributed by atoms with van der Waals surface area (Å²) >= 11 is 0. The Labute approximate surface area is 149 Å². The molecule has 1 amide bonds. The van der Waals surface area contributed by atoms with Crippen LogP contribution >= 0.6 is 0 Å². The minimum absolute atomic E-state index is 0.0829. The third-order valence-corrected chi connectivity index (χ3v) is 4.24. The van der Waals surface area contributed by atoms with Crippen LogP contribution in [-0.4, -0.2) is 34.2 Å². The number of nitrogens with one attached hydrogen (secondary N) is 1. The van der Waals surface area contributed by atoms with Crippen molar-refractivity contribution >= 4 is 17.5 Å². The van der Waals surface area contributed by atoms with Gasteiger partial charge in [0.05, 0.1) is 11.4 Å². The number of likely N-dealkylation sites (N-methyl/N-ethyl adjacent to an activating group) is 1. The van der Waals surface area contributed by atoms with Crippen molar-refractivity contribution in [3.8, 4) is 0 Å². The molecule has 0 saturated carbocycles. The summed E-state index contributed by atoms with van der Waals surface area (Å²) in [6.07, 6.45) is 1.61. The summed E-state index contributed by atoms with van der Waals surface area (Å²) in [5, 5.41) is 11.5. The number of hydrogen-bond acceptors (Lipinski definition) is 5. The topological polar surface area (TPSA) is 71.0 Å². The largest absolute Gasteiger partial charge is 0.330 e. The molecule has 0 radical (unpaired) electrons. The normalized spacial score (nSPS) is 10.6. The number of para-hydroxylation sites is 1. The Morgan fingerprint density at radius 1 is 1.04 bits per heavy atom. The van der Waals surface area contributed by atoms with Crippen LogP contribution in [0.4, 0.5) is 11.6 Å². The molecule has 1 heterocycles. The van der Waals surface area contributed by atoms with Crippen molar-refractivity contribution in [2.45, 2.75) is 47.5 Å². The first-order valence-electron chi connectivity index (χ1n) is 8.83. The Hall–Kier alpha value is -2.50. The second kappa shape index (κ2) is 8.55. The highest BCUT2D eigenvalue weighted by Crippen LogP contribution is 2.19. The van der Waals surface area contributed by atoms with Gasteiger partial charge in [-0.25, -0.2) is 4.98 Å². The predicted molar refractivity (Wildman–Crippen MR) is 101 cm³/mol. The molecule has 1 aromatic heterocycles. The minimum atomic E-state index is -0.0829. The summed E-state index contributed by atoms with van der Waals surface area (Å²) in [6.45, 7) is 10.9. The van der Waals surface area contributed by atoms with Gasteiger partial charge in [0.25, 0.3) is 0 Å². The second-order valence-corrected chi connectivity index (χ2v) is 6.04. The summed E-state index contributed by atoms with van der Waals surface area (Å²) in [6, 6.07) is 5.97. The van der Waals surface area contributed by atoms with Gasteiger partial charge in [-0.05, 0) is 44.7 Å². The molecule has 0 fully saturated rings. The molecule has 0 aliphatic rings. The van der Waals surface area contributed by atoms with Crippen molar-refractivity contribution in [3.63, 3.8) is 0 Å². The standard InChI is InChI=1S/C19H27N5O/c1-6-15-16(7-2)22-23-19(20-15)24(8-3)12-17(25)21-18-13(4)10-9-11-14(18)5/h9-11H,6-8,12H2,1-5H3,(H,21,25). The van der Waals surface area contributed by atoms with Crippen LogP contribution in [0.3, 0.4) is 0 Å². The van der Waals surface area contributed by atoms with E-state index >= 15 is 0 Å². The van der Waals surface area contributed by atoms with E-state index in [0.29, 0.717) is 12.5 Å². The number of benzene rings is 1. The van der Waals surface area contributed by atoms with Crippen molar-refractivity contribution in [2.24, 2.45) is 0 Å². The zero-order valence-corrected chi connectivity index (χ0v) is 15.8. The summed E-state index contributed by atoms with van der Waals surface area (Å²) in [5.74, 6) is 0.425. The maximum Gasteiger partial charge on any atom is 0.246 e. The SMILES string of the molecule is CCc1nnc(N(CC)CC(=O)Nc2c(C)cccc2C)nc1CC. The van der Waals surface area contributed by atoms with Crippen LogP contribution in [0.2, 0.25) is 0 Å². The van der Waals surface area contributed by atoms with Crippen molar-refractivity contribution in [2.75, 3.05) is 23.3 Å². The van der Waals surface area contributed by atoms with E-state index in [0.717, 1.165) is 41.0 Å². The molecule has 0 aliphatic heterocycles. The van der Waals surface area contributed by atoms with E-state index in [1.807, 2.05) is 50.8 Å². The monoisotopic (exact) mass is 341 g/mol. The second-order valence-electron chi connectivity index (χ2n) is 6.04. The summed E-state index contributed by atoms with van der Waals surface area (Å²) < 4.78 is 0. The molecule has 6 nitrogen and oxygen atoms in total. The van der Waals surface area contributed by atoms with E-state index in [2.05, 4.69) is 27.4 Å². The molecular formula is C19H27N5O. The first-order chi connectivity index (χ1) is 12.0. The van der Waals surface area contributed by atoms with Gasteiger partial charge in [-0.2, -0.15) is 5.10 Å². The predicted octanol–water partition coefficient (Wildman–Crippen LogP) is 3.08. The molecule has 0 atom stereocenters. The highest BCUT2D eigenvalue weighted by molar-refractivity contribution is 5.95. The van der Waals surface area contributed by atoms with Crippen LogP contribution in [0, 0.1) is 13.8 Å². The number of aromatic nitrogens is 3. The quantitative estimate of drug-likeness (QED) is 0.838. The summed E-state index contributed by atoms with van der Waals surface area (Å²) in [7, 11) is 0. The lowest BCUT2D eigenvalue weighted by Crippen LogP contribution is -2.35. The summed E-state index contributed by atoms with van der Waals surface area (Å²) in [5.41, 5.74) is 4.84. The summed E-state index contributed by atoms with van der Waals surface area (Å²) in [4.78, 5) is 19.0. The van der Waals surface area contributed by atoms with Gasteiger partial charge in [-0.3, -0.25) is 4.79 Å².